The Bertz CT molecular complexity index is 692. The third kappa shape index (κ3) is 3.37. The summed E-state index contributed by atoms with van der Waals surface area (Å²) >= 11 is 3.22. The molecule has 0 saturated heterocycles. The van der Waals surface area contributed by atoms with Crippen molar-refractivity contribution in [1.29, 1.82) is 5.26 Å². The Morgan fingerprint density at radius 3 is 2.80 bits per heavy atom. The van der Waals surface area contributed by atoms with Crippen LogP contribution in [0.15, 0.2) is 46.9 Å². The maximum atomic E-state index is 11.1. The van der Waals surface area contributed by atoms with E-state index in [4.69, 9.17) is 15.1 Å². The molecule has 5 heteroatoms. The van der Waals surface area contributed by atoms with E-state index in [1.807, 2.05) is 12.1 Å². The van der Waals surface area contributed by atoms with E-state index in [1.54, 1.807) is 30.3 Å². The highest BCUT2D eigenvalue weighted by atomic mass is 79.9. The first kappa shape index (κ1) is 14.1. The van der Waals surface area contributed by atoms with Crippen LogP contribution in [-0.4, -0.2) is 11.1 Å². The summed E-state index contributed by atoms with van der Waals surface area (Å²) in [5.74, 6) is -0.755. The smallest absolute Gasteiger partial charge is 0.339 e. The number of rotatable bonds is 4. The minimum atomic E-state index is -1.05. The fourth-order valence-corrected chi connectivity index (χ4v) is 2.05. The van der Waals surface area contributed by atoms with Gasteiger partial charge in [-0.1, -0.05) is 28.1 Å². The number of hydrogen-bond acceptors (Lipinski definition) is 3. The van der Waals surface area contributed by atoms with Gasteiger partial charge in [0.05, 0.1) is 11.6 Å². The van der Waals surface area contributed by atoms with Gasteiger partial charge in [-0.2, -0.15) is 5.26 Å². The lowest BCUT2D eigenvalue weighted by atomic mass is 10.1. The van der Waals surface area contributed by atoms with Gasteiger partial charge in [0, 0.05) is 4.47 Å². The number of nitriles is 1. The van der Waals surface area contributed by atoms with Crippen molar-refractivity contribution in [2.75, 3.05) is 0 Å². The zero-order chi connectivity index (χ0) is 14.5. The second-order valence-electron chi connectivity index (χ2n) is 4.05. The Hall–Kier alpha value is -2.32. The molecule has 0 radical (unpaired) electrons. The largest absolute Gasteiger partial charge is 0.488 e. The zero-order valence-corrected chi connectivity index (χ0v) is 11.9. The summed E-state index contributed by atoms with van der Waals surface area (Å²) in [7, 11) is 0. The number of hydrogen-bond donors (Lipinski definition) is 1. The predicted octanol–water partition coefficient (Wildman–Crippen LogP) is 3.60. The number of ether oxygens (including phenoxy) is 1. The highest BCUT2D eigenvalue weighted by Crippen LogP contribution is 2.24. The zero-order valence-electron chi connectivity index (χ0n) is 10.3. The Balaban J connectivity index is 2.19. The van der Waals surface area contributed by atoms with Gasteiger partial charge >= 0.3 is 5.97 Å². The van der Waals surface area contributed by atoms with Crippen molar-refractivity contribution in [3.63, 3.8) is 0 Å². The molecular weight excluding hydrogens is 322 g/mol. The summed E-state index contributed by atoms with van der Waals surface area (Å²) in [6.07, 6.45) is 0. The normalized spacial score (nSPS) is 9.80. The van der Waals surface area contributed by atoms with Gasteiger partial charge in [0.2, 0.25) is 0 Å². The SMILES string of the molecule is N#Cc1cccc(COc2ccc(Br)cc2C(=O)O)c1. The number of carboxylic acid groups (broad SMARTS) is 1. The van der Waals surface area contributed by atoms with E-state index in [0.717, 1.165) is 5.56 Å². The minimum Gasteiger partial charge on any atom is -0.488 e. The number of carboxylic acids is 1. The molecule has 0 aliphatic rings. The predicted molar refractivity (Wildman–Crippen MR) is 76.6 cm³/mol. The molecule has 2 aromatic rings. The van der Waals surface area contributed by atoms with Gasteiger partial charge in [0.1, 0.15) is 17.9 Å². The molecule has 0 atom stereocenters. The molecule has 1 N–H and O–H groups in total. The lowest BCUT2D eigenvalue weighted by Crippen LogP contribution is -2.03. The van der Waals surface area contributed by atoms with E-state index < -0.39 is 5.97 Å². The highest BCUT2D eigenvalue weighted by molar-refractivity contribution is 9.10. The molecule has 2 aromatic carbocycles. The summed E-state index contributed by atoms with van der Waals surface area (Å²) in [6, 6.07) is 13.8. The summed E-state index contributed by atoms with van der Waals surface area (Å²) < 4.78 is 6.20. The molecule has 0 spiro atoms. The second kappa shape index (κ2) is 6.22. The highest BCUT2D eigenvalue weighted by Gasteiger charge is 2.12. The number of aromatic carboxylic acids is 1. The van der Waals surface area contributed by atoms with E-state index in [0.29, 0.717) is 15.8 Å². The van der Waals surface area contributed by atoms with Gasteiger partial charge in [-0.15, -0.1) is 0 Å². The Morgan fingerprint density at radius 1 is 1.30 bits per heavy atom. The van der Waals surface area contributed by atoms with Crippen LogP contribution in [0.1, 0.15) is 21.5 Å². The molecule has 0 saturated carbocycles. The number of nitrogens with zero attached hydrogens (tertiary/aromatic N) is 1. The number of carbonyl (C=O) groups is 1. The van der Waals surface area contributed by atoms with Crippen LogP contribution >= 0.6 is 15.9 Å². The molecule has 0 heterocycles. The third-order valence-corrected chi connectivity index (χ3v) is 3.12. The summed E-state index contributed by atoms with van der Waals surface area (Å²) in [6.45, 7) is 0.206. The van der Waals surface area contributed by atoms with Crippen molar-refractivity contribution >= 4 is 21.9 Å². The van der Waals surface area contributed by atoms with Crippen molar-refractivity contribution in [1.82, 2.24) is 0 Å². The summed E-state index contributed by atoms with van der Waals surface area (Å²) in [5.41, 5.74) is 1.44. The van der Waals surface area contributed by atoms with Gasteiger partial charge in [-0.05, 0) is 35.9 Å². The first-order valence-electron chi connectivity index (χ1n) is 5.75. The van der Waals surface area contributed by atoms with E-state index in [1.165, 1.54) is 6.07 Å². The maximum absolute atomic E-state index is 11.1. The molecule has 0 amide bonds. The lowest BCUT2D eigenvalue weighted by molar-refractivity contribution is 0.0691. The Kier molecular flexibility index (Phi) is 4.38. The molecule has 4 nitrogen and oxygen atoms in total. The van der Waals surface area contributed by atoms with E-state index in [9.17, 15) is 4.79 Å². The Morgan fingerprint density at radius 2 is 2.10 bits per heavy atom. The number of benzene rings is 2. The monoisotopic (exact) mass is 331 g/mol. The molecule has 0 aliphatic heterocycles. The van der Waals surface area contributed by atoms with Gasteiger partial charge in [-0.25, -0.2) is 4.79 Å². The standard InChI is InChI=1S/C15H10BrNO3/c16-12-4-5-14(13(7-12)15(18)19)20-9-11-3-1-2-10(6-11)8-17/h1-7H,9H2,(H,18,19). The van der Waals surface area contributed by atoms with Gasteiger partial charge in [0.25, 0.3) is 0 Å². The molecule has 0 bridgehead atoms. The average Bonchev–Trinajstić information content (AvgIpc) is 2.46. The van der Waals surface area contributed by atoms with Gasteiger partial charge in [-0.3, -0.25) is 0 Å². The van der Waals surface area contributed by atoms with Crippen LogP contribution in [0.3, 0.4) is 0 Å². The van der Waals surface area contributed by atoms with E-state index >= 15 is 0 Å². The summed E-state index contributed by atoms with van der Waals surface area (Å²) in [5, 5.41) is 17.9. The molecule has 0 aromatic heterocycles. The fourth-order valence-electron chi connectivity index (χ4n) is 1.69. The number of halogens is 1. The van der Waals surface area contributed by atoms with Crippen molar-refractivity contribution in [3.8, 4) is 11.8 Å². The molecule has 0 aliphatic carbocycles. The van der Waals surface area contributed by atoms with Crippen LogP contribution in [-0.2, 0) is 6.61 Å². The molecular formula is C15H10BrNO3. The van der Waals surface area contributed by atoms with Gasteiger partial charge < -0.3 is 9.84 Å². The van der Waals surface area contributed by atoms with Crippen molar-refractivity contribution in [2.45, 2.75) is 6.61 Å². The van der Waals surface area contributed by atoms with Crippen LogP contribution in [0.25, 0.3) is 0 Å². The van der Waals surface area contributed by atoms with Gasteiger partial charge in [0.15, 0.2) is 0 Å². The summed E-state index contributed by atoms with van der Waals surface area (Å²) in [4.78, 5) is 11.1. The van der Waals surface area contributed by atoms with E-state index in [2.05, 4.69) is 15.9 Å². The topological polar surface area (TPSA) is 70.3 Å². The molecule has 100 valence electrons. The molecule has 0 unspecified atom stereocenters. The minimum absolute atomic E-state index is 0.0933. The van der Waals surface area contributed by atoms with Crippen molar-refractivity contribution < 1.29 is 14.6 Å². The second-order valence-corrected chi connectivity index (χ2v) is 4.96. The first-order valence-corrected chi connectivity index (χ1v) is 6.54. The Labute approximate surface area is 124 Å². The maximum Gasteiger partial charge on any atom is 0.339 e. The molecule has 0 fully saturated rings. The van der Waals surface area contributed by atoms with Crippen molar-refractivity contribution in [3.05, 3.63) is 63.6 Å². The molecule has 2 rings (SSSR count). The quantitative estimate of drug-likeness (QED) is 0.929. The van der Waals surface area contributed by atoms with E-state index in [-0.39, 0.29) is 12.2 Å². The average molecular weight is 332 g/mol. The fraction of sp³-hybridized carbons (Fsp3) is 0.0667. The van der Waals surface area contributed by atoms with Crippen LogP contribution in [0.4, 0.5) is 0 Å². The third-order valence-electron chi connectivity index (χ3n) is 2.62. The van der Waals surface area contributed by atoms with Crippen LogP contribution in [0.2, 0.25) is 0 Å². The molecule has 20 heavy (non-hydrogen) atoms. The lowest BCUT2D eigenvalue weighted by Gasteiger charge is -2.09. The van der Waals surface area contributed by atoms with Crippen LogP contribution in [0, 0.1) is 11.3 Å². The van der Waals surface area contributed by atoms with Crippen molar-refractivity contribution in [2.24, 2.45) is 0 Å². The van der Waals surface area contributed by atoms with Crippen LogP contribution < -0.4 is 4.74 Å². The van der Waals surface area contributed by atoms with Crippen LogP contribution in [0.5, 0.6) is 5.75 Å². The first-order chi connectivity index (χ1) is 9.60.